The first-order valence-electron chi connectivity index (χ1n) is 7.39. The third-order valence-electron chi connectivity index (χ3n) is 3.81. The molecule has 0 fully saturated rings. The van der Waals surface area contributed by atoms with Gasteiger partial charge in [0.1, 0.15) is 17.2 Å². The van der Waals surface area contributed by atoms with Crippen LogP contribution in [0.2, 0.25) is 0 Å². The number of aryl methyl sites for hydroxylation is 1. The molecule has 0 aliphatic carbocycles. The number of furan rings is 1. The number of carbonyl (C=O) groups is 1. The largest absolute Gasteiger partial charge is 0.455 e. The van der Waals surface area contributed by atoms with Crippen LogP contribution in [0.1, 0.15) is 15.9 Å². The minimum atomic E-state index is -0.335. The fourth-order valence-corrected chi connectivity index (χ4v) is 3.07. The zero-order valence-electron chi connectivity index (χ0n) is 13.6. The molecule has 0 saturated heterocycles. The predicted octanol–water partition coefficient (Wildman–Crippen LogP) is 4.60. The van der Waals surface area contributed by atoms with E-state index in [4.69, 9.17) is 4.42 Å². The van der Waals surface area contributed by atoms with E-state index in [1.165, 1.54) is 24.1 Å². The number of fused-ring (bicyclic) bond motifs is 1. The minimum Gasteiger partial charge on any atom is -0.455 e. The van der Waals surface area contributed by atoms with Crippen molar-refractivity contribution < 1.29 is 13.6 Å². The molecule has 24 heavy (non-hydrogen) atoms. The van der Waals surface area contributed by atoms with Crippen molar-refractivity contribution in [3.05, 3.63) is 53.3 Å². The van der Waals surface area contributed by atoms with Gasteiger partial charge in [-0.1, -0.05) is 11.9 Å². The van der Waals surface area contributed by atoms with Gasteiger partial charge in [-0.25, -0.2) is 4.39 Å². The first kappa shape index (κ1) is 16.4. The van der Waals surface area contributed by atoms with Crippen molar-refractivity contribution in [2.45, 2.75) is 6.92 Å². The maximum absolute atomic E-state index is 13.2. The molecule has 2 N–H and O–H groups in total. The van der Waals surface area contributed by atoms with Gasteiger partial charge in [0.15, 0.2) is 0 Å². The molecule has 6 heteroatoms. The summed E-state index contributed by atoms with van der Waals surface area (Å²) >= 11 is 1.48. The summed E-state index contributed by atoms with van der Waals surface area (Å²) in [6.45, 7) is 1.97. The molecule has 0 aliphatic rings. The lowest BCUT2D eigenvalue weighted by molar-refractivity contribution is 0.0964. The van der Waals surface area contributed by atoms with Crippen LogP contribution in [-0.4, -0.2) is 19.2 Å². The van der Waals surface area contributed by atoms with Crippen LogP contribution in [0.3, 0.4) is 0 Å². The van der Waals surface area contributed by atoms with Crippen LogP contribution in [0.25, 0.3) is 22.3 Å². The molecule has 0 unspecified atom stereocenters. The summed E-state index contributed by atoms with van der Waals surface area (Å²) in [6, 6.07) is 9.71. The van der Waals surface area contributed by atoms with Crippen LogP contribution in [0, 0.1) is 12.7 Å². The predicted molar refractivity (Wildman–Crippen MR) is 96.9 cm³/mol. The van der Waals surface area contributed by atoms with Crippen molar-refractivity contribution in [1.29, 1.82) is 0 Å². The molecule has 1 heterocycles. The number of halogens is 1. The van der Waals surface area contributed by atoms with Crippen molar-refractivity contribution in [2.24, 2.45) is 0 Å². The molecule has 0 atom stereocenters. The number of nitrogens with one attached hydrogen (secondary N) is 2. The quantitative estimate of drug-likeness (QED) is 0.679. The third-order valence-corrected chi connectivity index (χ3v) is 4.23. The molecule has 0 radical (unpaired) electrons. The van der Waals surface area contributed by atoms with Crippen molar-refractivity contribution in [3.8, 4) is 11.3 Å². The number of rotatable bonds is 4. The second-order valence-corrected chi connectivity index (χ2v) is 5.97. The van der Waals surface area contributed by atoms with Crippen molar-refractivity contribution in [3.63, 3.8) is 0 Å². The molecule has 3 rings (SSSR count). The maximum Gasteiger partial charge on any atom is 0.255 e. The molecule has 0 aliphatic heterocycles. The monoisotopic (exact) mass is 344 g/mol. The Labute approximate surface area is 143 Å². The van der Waals surface area contributed by atoms with Gasteiger partial charge in [-0.15, -0.1) is 0 Å². The summed E-state index contributed by atoms with van der Waals surface area (Å²) < 4.78 is 22.4. The van der Waals surface area contributed by atoms with Crippen LogP contribution >= 0.6 is 11.9 Å². The molecule has 3 aromatic rings. The Balaban J connectivity index is 2.27. The smallest absolute Gasteiger partial charge is 0.255 e. The maximum atomic E-state index is 13.2. The van der Waals surface area contributed by atoms with Crippen LogP contribution in [0.4, 0.5) is 10.1 Å². The Hall–Kier alpha value is -2.47. The average molecular weight is 344 g/mol. The number of hydrogen-bond acceptors (Lipinski definition) is 4. The highest BCUT2D eigenvalue weighted by Gasteiger charge is 2.22. The van der Waals surface area contributed by atoms with E-state index in [0.29, 0.717) is 22.5 Å². The number of amides is 1. The lowest BCUT2D eigenvalue weighted by Crippen LogP contribution is -2.18. The topological polar surface area (TPSA) is 54.3 Å². The Bertz CT molecular complexity index is 904. The standard InChI is InChI=1S/C18H17FN2O2S/c1-10-8-13-15(9-14(10)21-24-3)23-17(16(13)18(22)20-2)11-4-6-12(19)7-5-11/h4-9,21H,1-3H3,(H,20,22). The fraction of sp³-hybridized carbons (Fsp3) is 0.167. The first-order chi connectivity index (χ1) is 11.5. The van der Waals surface area contributed by atoms with E-state index in [1.807, 2.05) is 25.3 Å². The van der Waals surface area contributed by atoms with Gasteiger partial charge in [0.25, 0.3) is 5.91 Å². The Kier molecular flexibility index (Phi) is 4.49. The molecule has 1 aromatic heterocycles. The lowest BCUT2D eigenvalue weighted by atomic mass is 10.0. The van der Waals surface area contributed by atoms with E-state index in [9.17, 15) is 9.18 Å². The summed E-state index contributed by atoms with van der Waals surface area (Å²) in [5.74, 6) is -0.137. The lowest BCUT2D eigenvalue weighted by Gasteiger charge is -2.06. The van der Waals surface area contributed by atoms with E-state index in [-0.39, 0.29) is 11.7 Å². The van der Waals surface area contributed by atoms with Crippen molar-refractivity contribution >= 4 is 34.5 Å². The highest BCUT2D eigenvalue weighted by molar-refractivity contribution is 7.99. The van der Waals surface area contributed by atoms with Crippen LogP contribution in [0.5, 0.6) is 0 Å². The SMILES string of the molecule is CNC(=O)c1c(-c2ccc(F)cc2)oc2cc(NSC)c(C)cc12. The van der Waals surface area contributed by atoms with Crippen molar-refractivity contribution in [2.75, 3.05) is 18.0 Å². The van der Waals surface area contributed by atoms with Gasteiger partial charge >= 0.3 is 0 Å². The molecular weight excluding hydrogens is 327 g/mol. The highest BCUT2D eigenvalue weighted by Crippen LogP contribution is 2.36. The first-order valence-corrected chi connectivity index (χ1v) is 8.61. The van der Waals surface area contributed by atoms with Gasteiger partial charge in [-0.2, -0.15) is 0 Å². The second kappa shape index (κ2) is 6.57. The Morgan fingerprint density at radius 3 is 2.54 bits per heavy atom. The van der Waals surface area contributed by atoms with E-state index in [2.05, 4.69) is 10.0 Å². The van der Waals surface area contributed by atoms with E-state index in [1.54, 1.807) is 19.2 Å². The number of hydrogen-bond donors (Lipinski definition) is 2. The summed E-state index contributed by atoms with van der Waals surface area (Å²) in [6.07, 6.45) is 1.94. The normalized spacial score (nSPS) is 10.8. The zero-order chi connectivity index (χ0) is 17.3. The van der Waals surface area contributed by atoms with Crippen LogP contribution < -0.4 is 10.0 Å². The molecule has 0 saturated carbocycles. The van der Waals surface area contributed by atoms with Gasteiger partial charge in [0, 0.05) is 30.3 Å². The fourth-order valence-electron chi connectivity index (χ4n) is 2.63. The minimum absolute atomic E-state index is 0.238. The van der Waals surface area contributed by atoms with Crippen molar-refractivity contribution in [1.82, 2.24) is 5.32 Å². The zero-order valence-corrected chi connectivity index (χ0v) is 14.4. The molecule has 0 bridgehead atoms. The Morgan fingerprint density at radius 2 is 1.92 bits per heavy atom. The number of benzene rings is 2. The Morgan fingerprint density at radius 1 is 1.21 bits per heavy atom. The van der Waals surface area contributed by atoms with E-state index < -0.39 is 0 Å². The van der Waals surface area contributed by atoms with Gasteiger partial charge in [0.2, 0.25) is 0 Å². The van der Waals surface area contributed by atoms with Crippen LogP contribution in [-0.2, 0) is 0 Å². The average Bonchev–Trinajstić information content (AvgIpc) is 2.93. The molecule has 4 nitrogen and oxygen atoms in total. The summed E-state index contributed by atoms with van der Waals surface area (Å²) in [4.78, 5) is 12.4. The van der Waals surface area contributed by atoms with Gasteiger partial charge < -0.3 is 14.5 Å². The van der Waals surface area contributed by atoms with E-state index >= 15 is 0 Å². The third kappa shape index (κ3) is 2.85. The number of carbonyl (C=O) groups excluding carboxylic acids is 1. The highest BCUT2D eigenvalue weighted by atomic mass is 32.2. The molecular formula is C18H17FN2O2S. The van der Waals surface area contributed by atoms with E-state index in [0.717, 1.165) is 16.6 Å². The van der Waals surface area contributed by atoms with Gasteiger partial charge in [-0.3, -0.25) is 4.79 Å². The molecule has 1 amide bonds. The van der Waals surface area contributed by atoms with Crippen LogP contribution in [0.15, 0.2) is 40.8 Å². The second-order valence-electron chi connectivity index (χ2n) is 5.36. The summed E-state index contributed by atoms with van der Waals surface area (Å²) in [5.41, 5.74) is 3.66. The molecule has 124 valence electrons. The summed E-state index contributed by atoms with van der Waals surface area (Å²) in [5, 5.41) is 3.38. The van der Waals surface area contributed by atoms with Gasteiger partial charge in [0.05, 0.1) is 11.3 Å². The van der Waals surface area contributed by atoms with Gasteiger partial charge in [-0.05, 0) is 42.8 Å². The molecule has 0 spiro atoms. The number of anilines is 1. The molecule has 2 aromatic carbocycles. The summed E-state index contributed by atoms with van der Waals surface area (Å²) in [7, 11) is 1.58.